The van der Waals surface area contributed by atoms with Crippen molar-refractivity contribution in [3.8, 4) is 5.75 Å². The fourth-order valence-electron chi connectivity index (χ4n) is 1.77. The number of phenolic OH excluding ortho intramolecular Hbond substituents is 1. The maximum absolute atomic E-state index is 10.8. The van der Waals surface area contributed by atoms with E-state index in [0.717, 1.165) is 12.8 Å². The second-order valence-corrected chi connectivity index (χ2v) is 5.21. The summed E-state index contributed by atoms with van der Waals surface area (Å²) in [6, 6.07) is 1.53. The molecular formula is C12H17BrN2O4. The van der Waals surface area contributed by atoms with E-state index in [4.69, 9.17) is 5.73 Å². The van der Waals surface area contributed by atoms with Crippen molar-refractivity contribution in [3.63, 3.8) is 0 Å². The van der Waals surface area contributed by atoms with E-state index in [-0.39, 0.29) is 21.5 Å². The Morgan fingerprint density at radius 1 is 1.53 bits per heavy atom. The molecule has 0 heterocycles. The molecule has 106 valence electrons. The molecule has 0 aliphatic heterocycles. The molecule has 4 N–H and O–H groups in total. The largest absolute Gasteiger partial charge is 0.506 e. The molecule has 0 saturated carbocycles. The number of unbranched alkanes of at least 4 members (excludes halogenated alkanes) is 1. The predicted molar refractivity (Wildman–Crippen MR) is 74.9 cm³/mol. The fraction of sp³-hybridized carbons (Fsp3) is 0.500. The van der Waals surface area contributed by atoms with Gasteiger partial charge in [-0.3, -0.25) is 10.1 Å². The maximum Gasteiger partial charge on any atom is 0.271 e. The third-order valence-electron chi connectivity index (χ3n) is 2.92. The Bertz CT molecular complexity index is 467. The molecule has 0 fully saturated rings. The molecule has 6 nitrogen and oxygen atoms in total. The van der Waals surface area contributed by atoms with E-state index in [1.54, 1.807) is 0 Å². The number of nitrogens with zero attached hydrogens (tertiary/aromatic N) is 1. The molecule has 0 radical (unpaired) electrons. The van der Waals surface area contributed by atoms with Crippen molar-refractivity contribution in [1.29, 1.82) is 0 Å². The third kappa shape index (κ3) is 3.89. The van der Waals surface area contributed by atoms with Crippen molar-refractivity contribution < 1.29 is 15.1 Å². The number of hydrogen-bond donors (Lipinski definition) is 3. The molecule has 0 spiro atoms. The van der Waals surface area contributed by atoms with Crippen LogP contribution < -0.4 is 5.73 Å². The van der Waals surface area contributed by atoms with E-state index >= 15 is 0 Å². The van der Waals surface area contributed by atoms with Gasteiger partial charge in [0.05, 0.1) is 21.5 Å². The molecular weight excluding hydrogens is 316 g/mol. The SMILES string of the molecule is CCCC[C@@H](O)[C@@H](N)c1cc([N+](=O)[O-])cc(Br)c1O. The molecule has 2 atom stereocenters. The highest BCUT2D eigenvalue weighted by Gasteiger charge is 2.24. The number of aliphatic hydroxyl groups excluding tert-OH is 1. The molecule has 0 aliphatic carbocycles. The number of non-ortho nitro benzene ring substituents is 1. The Morgan fingerprint density at radius 2 is 2.16 bits per heavy atom. The lowest BCUT2D eigenvalue weighted by Crippen LogP contribution is -2.26. The van der Waals surface area contributed by atoms with Crippen LogP contribution in [-0.2, 0) is 0 Å². The van der Waals surface area contributed by atoms with Gasteiger partial charge < -0.3 is 15.9 Å². The van der Waals surface area contributed by atoms with Crippen molar-refractivity contribution in [2.45, 2.75) is 38.3 Å². The topological polar surface area (TPSA) is 110 Å². The predicted octanol–water partition coefficient (Wildman–Crippen LogP) is 2.61. The molecule has 7 heteroatoms. The molecule has 0 bridgehead atoms. The maximum atomic E-state index is 10.8. The average Bonchev–Trinajstić information content (AvgIpc) is 2.37. The van der Waals surface area contributed by atoms with Crippen molar-refractivity contribution in [3.05, 3.63) is 32.3 Å². The summed E-state index contributed by atoms with van der Waals surface area (Å²) in [5.74, 6) is -0.173. The van der Waals surface area contributed by atoms with Crippen LogP contribution in [0.3, 0.4) is 0 Å². The first-order valence-corrected chi connectivity index (χ1v) is 6.78. The summed E-state index contributed by atoms with van der Waals surface area (Å²) in [4.78, 5) is 10.2. The van der Waals surface area contributed by atoms with Gasteiger partial charge in [0.15, 0.2) is 0 Å². The summed E-state index contributed by atoms with van der Waals surface area (Å²) in [6.07, 6.45) is 1.34. The lowest BCUT2D eigenvalue weighted by Gasteiger charge is -2.20. The van der Waals surface area contributed by atoms with E-state index in [1.165, 1.54) is 12.1 Å². The van der Waals surface area contributed by atoms with Crippen LogP contribution in [0.15, 0.2) is 16.6 Å². The zero-order chi connectivity index (χ0) is 14.6. The van der Waals surface area contributed by atoms with Gasteiger partial charge in [0, 0.05) is 17.7 Å². The quantitative estimate of drug-likeness (QED) is 0.547. The van der Waals surface area contributed by atoms with Crippen LogP contribution in [0.5, 0.6) is 5.75 Å². The minimum atomic E-state index is -0.859. The molecule has 0 amide bonds. The van der Waals surface area contributed by atoms with Crippen LogP contribution in [0, 0.1) is 10.1 Å². The molecule has 0 aromatic heterocycles. The highest BCUT2D eigenvalue weighted by atomic mass is 79.9. The standard InChI is InChI=1S/C12H17BrN2O4/c1-2-3-4-10(16)11(14)8-5-7(15(18)19)6-9(13)12(8)17/h5-6,10-11,16-17H,2-4,14H2,1H3/t10-,11+/m1/s1. The van der Waals surface area contributed by atoms with Gasteiger partial charge in [0.1, 0.15) is 5.75 Å². The third-order valence-corrected chi connectivity index (χ3v) is 3.52. The normalized spacial score (nSPS) is 14.1. The number of halogens is 1. The Kier molecular flexibility index (Phi) is 5.71. The van der Waals surface area contributed by atoms with Crippen molar-refractivity contribution in [2.24, 2.45) is 5.73 Å². The molecule has 19 heavy (non-hydrogen) atoms. The van der Waals surface area contributed by atoms with Crippen LogP contribution in [0.4, 0.5) is 5.69 Å². The van der Waals surface area contributed by atoms with Gasteiger partial charge in [-0.2, -0.15) is 0 Å². The van der Waals surface area contributed by atoms with E-state index in [0.29, 0.717) is 6.42 Å². The van der Waals surface area contributed by atoms with E-state index in [2.05, 4.69) is 15.9 Å². The highest BCUT2D eigenvalue weighted by molar-refractivity contribution is 9.10. The Labute approximate surface area is 119 Å². The van der Waals surface area contributed by atoms with Crippen molar-refractivity contribution in [2.75, 3.05) is 0 Å². The van der Waals surface area contributed by atoms with E-state index < -0.39 is 17.1 Å². The van der Waals surface area contributed by atoms with Gasteiger partial charge in [0.2, 0.25) is 0 Å². The lowest BCUT2D eigenvalue weighted by atomic mass is 9.97. The van der Waals surface area contributed by atoms with Crippen LogP contribution in [0.25, 0.3) is 0 Å². The fourth-order valence-corrected chi connectivity index (χ4v) is 2.23. The monoisotopic (exact) mass is 332 g/mol. The number of rotatable bonds is 6. The number of hydrogen-bond acceptors (Lipinski definition) is 5. The number of nitro groups is 1. The summed E-state index contributed by atoms with van der Waals surface area (Å²) in [7, 11) is 0. The van der Waals surface area contributed by atoms with Crippen LogP contribution in [0.2, 0.25) is 0 Å². The first-order valence-electron chi connectivity index (χ1n) is 5.98. The zero-order valence-corrected chi connectivity index (χ0v) is 12.1. The second kappa shape index (κ2) is 6.83. The van der Waals surface area contributed by atoms with Gasteiger partial charge in [-0.25, -0.2) is 0 Å². The first kappa shape index (κ1) is 15.9. The Balaban J connectivity index is 3.07. The summed E-state index contributed by atoms with van der Waals surface area (Å²) < 4.78 is 0.190. The Morgan fingerprint density at radius 3 is 2.68 bits per heavy atom. The number of aromatic hydroxyl groups is 1. The molecule has 0 unspecified atom stereocenters. The van der Waals surface area contributed by atoms with Gasteiger partial charge in [-0.15, -0.1) is 0 Å². The first-order chi connectivity index (χ1) is 8.88. The second-order valence-electron chi connectivity index (χ2n) is 4.36. The number of nitro benzene ring substituents is 1. The minimum Gasteiger partial charge on any atom is -0.506 e. The average molecular weight is 333 g/mol. The molecule has 0 aliphatic rings. The van der Waals surface area contributed by atoms with Crippen LogP contribution in [-0.4, -0.2) is 21.2 Å². The van der Waals surface area contributed by atoms with Crippen LogP contribution in [0.1, 0.15) is 37.8 Å². The number of benzene rings is 1. The van der Waals surface area contributed by atoms with Crippen molar-refractivity contribution >= 4 is 21.6 Å². The highest BCUT2D eigenvalue weighted by Crippen LogP contribution is 2.36. The minimum absolute atomic E-state index is 0.171. The summed E-state index contributed by atoms with van der Waals surface area (Å²) in [6.45, 7) is 1.99. The molecule has 0 saturated heterocycles. The van der Waals surface area contributed by atoms with E-state index in [1.807, 2.05) is 6.92 Å². The molecule has 1 rings (SSSR count). The number of phenols is 1. The molecule has 1 aromatic carbocycles. The lowest BCUT2D eigenvalue weighted by molar-refractivity contribution is -0.385. The summed E-state index contributed by atoms with van der Waals surface area (Å²) in [5, 5.41) is 30.6. The number of nitrogens with two attached hydrogens (primary N) is 1. The van der Waals surface area contributed by atoms with Gasteiger partial charge in [-0.1, -0.05) is 19.8 Å². The van der Waals surface area contributed by atoms with Gasteiger partial charge >= 0.3 is 0 Å². The van der Waals surface area contributed by atoms with Crippen molar-refractivity contribution in [1.82, 2.24) is 0 Å². The molecule has 1 aromatic rings. The van der Waals surface area contributed by atoms with E-state index in [9.17, 15) is 20.3 Å². The summed E-state index contributed by atoms with van der Waals surface area (Å²) in [5.41, 5.74) is 5.85. The smallest absolute Gasteiger partial charge is 0.271 e. The summed E-state index contributed by atoms with van der Waals surface area (Å²) >= 11 is 3.04. The van der Waals surface area contributed by atoms with Gasteiger partial charge in [-0.05, 0) is 22.4 Å². The van der Waals surface area contributed by atoms with Gasteiger partial charge in [0.25, 0.3) is 5.69 Å². The van der Waals surface area contributed by atoms with Crippen LogP contribution >= 0.6 is 15.9 Å². The number of aliphatic hydroxyl groups is 1. The zero-order valence-electron chi connectivity index (χ0n) is 10.5. The Hall–Kier alpha value is -1.18.